The molecule has 1 aliphatic carbocycles. The summed E-state index contributed by atoms with van der Waals surface area (Å²) in [7, 11) is 3.54. The highest BCUT2D eigenvalue weighted by atomic mass is 32.2. The molecule has 0 amide bonds. The molecule has 1 fully saturated rings. The SMILES string of the molecule is CN=C(NCc1ccc(C)c(OC)c1)NC1CCC(SC)C1. The minimum Gasteiger partial charge on any atom is -0.496 e. The first-order chi connectivity index (χ1) is 10.7. The van der Waals surface area contributed by atoms with Crippen LogP contribution in [-0.2, 0) is 6.54 Å². The molecular weight excluding hydrogens is 294 g/mol. The van der Waals surface area contributed by atoms with Crippen LogP contribution >= 0.6 is 11.8 Å². The van der Waals surface area contributed by atoms with Gasteiger partial charge in [0.1, 0.15) is 5.75 Å². The number of hydrogen-bond donors (Lipinski definition) is 2. The third-order valence-electron chi connectivity index (χ3n) is 4.21. The highest BCUT2D eigenvalue weighted by Gasteiger charge is 2.24. The van der Waals surface area contributed by atoms with E-state index in [2.05, 4.69) is 47.0 Å². The van der Waals surface area contributed by atoms with Crippen molar-refractivity contribution < 1.29 is 4.74 Å². The fraction of sp³-hybridized carbons (Fsp3) is 0.588. The average molecular weight is 321 g/mol. The quantitative estimate of drug-likeness (QED) is 0.646. The molecule has 2 unspecified atom stereocenters. The van der Waals surface area contributed by atoms with E-state index in [0.29, 0.717) is 6.04 Å². The summed E-state index contributed by atoms with van der Waals surface area (Å²) in [5.74, 6) is 1.81. The van der Waals surface area contributed by atoms with Crippen molar-refractivity contribution in [2.75, 3.05) is 20.4 Å². The van der Waals surface area contributed by atoms with Gasteiger partial charge in [-0.15, -0.1) is 0 Å². The van der Waals surface area contributed by atoms with E-state index in [-0.39, 0.29) is 0 Å². The van der Waals surface area contributed by atoms with E-state index >= 15 is 0 Å². The van der Waals surface area contributed by atoms with Crippen LogP contribution in [0.25, 0.3) is 0 Å². The highest BCUT2D eigenvalue weighted by Crippen LogP contribution is 2.28. The van der Waals surface area contributed by atoms with Gasteiger partial charge in [-0.2, -0.15) is 11.8 Å². The van der Waals surface area contributed by atoms with Gasteiger partial charge in [-0.25, -0.2) is 0 Å². The van der Waals surface area contributed by atoms with E-state index in [1.54, 1.807) is 7.11 Å². The van der Waals surface area contributed by atoms with E-state index in [1.165, 1.54) is 24.8 Å². The zero-order valence-electron chi connectivity index (χ0n) is 14.0. The van der Waals surface area contributed by atoms with Crippen molar-refractivity contribution in [3.63, 3.8) is 0 Å². The Bertz CT molecular complexity index is 519. The molecule has 2 N–H and O–H groups in total. The van der Waals surface area contributed by atoms with Crippen LogP contribution in [0.5, 0.6) is 5.75 Å². The summed E-state index contributed by atoms with van der Waals surface area (Å²) in [6, 6.07) is 6.83. The van der Waals surface area contributed by atoms with Crippen molar-refractivity contribution in [1.82, 2.24) is 10.6 Å². The standard InChI is InChI=1S/C17H27N3OS/c1-12-5-6-13(9-16(12)21-3)11-19-17(18-2)20-14-7-8-15(10-14)22-4/h5-6,9,14-15H,7-8,10-11H2,1-4H3,(H2,18,19,20). The Hall–Kier alpha value is -1.36. The Balaban J connectivity index is 1.86. The van der Waals surface area contributed by atoms with Gasteiger partial charge in [-0.05, 0) is 49.6 Å². The summed E-state index contributed by atoms with van der Waals surface area (Å²) in [4.78, 5) is 4.33. The Morgan fingerprint density at radius 1 is 1.41 bits per heavy atom. The first kappa shape index (κ1) is 17.0. The van der Waals surface area contributed by atoms with Gasteiger partial charge in [-0.1, -0.05) is 12.1 Å². The van der Waals surface area contributed by atoms with Gasteiger partial charge in [0.05, 0.1) is 7.11 Å². The predicted molar refractivity (Wildman–Crippen MR) is 96.0 cm³/mol. The number of thioether (sulfide) groups is 1. The molecule has 0 radical (unpaired) electrons. The lowest BCUT2D eigenvalue weighted by molar-refractivity contribution is 0.411. The van der Waals surface area contributed by atoms with Crippen LogP contribution < -0.4 is 15.4 Å². The molecular formula is C17H27N3OS. The molecule has 1 aliphatic rings. The summed E-state index contributed by atoms with van der Waals surface area (Å²) < 4.78 is 5.37. The number of methoxy groups -OCH3 is 1. The van der Waals surface area contributed by atoms with Crippen LogP contribution in [0.2, 0.25) is 0 Å². The number of guanidine groups is 1. The van der Waals surface area contributed by atoms with E-state index in [1.807, 2.05) is 18.8 Å². The molecule has 0 saturated heterocycles. The zero-order valence-corrected chi connectivity index (χ0v) is 14.8. The first-order valence-electron chi connectivity index (χ1n) is 7.79. The third-order valence-corrected chi connectivity index (χ3v) is 5.31. The number of hydrogen-bond acceptors (Lipinski definition) is 3. The summed E-state index contributed by atoms with van der Waals surface area (Å²) in [5.41, 5.74) is 2.35. The number of aryl methyl sites for hydroxylation is 1. The molecule has 122 valence electrons. The van der Waals surface area contributed by atoms with Crippen molar-refractivity contribution in [3.05, 3.63) is 29.3 Å². The Labute approximate surface area is 138 Å². The molecule has 0 heterocycles. The molecule has 1 aromatic carbocycles. The second-order valence-electron chi connectivity index (χ2n) is 5.74. The van der Waals surface area contributed by atoms with Gasteiger partial charge in [0, 0.05) is 24.9 Å². The second-order valence-corrected chi connectivity index (χ2v) is 6.88. The maximum atomic E-state index is 5.37. The molecule has 4 nitrogen and oxygen atoms in total. The molecule has 0 spiro atoms. The lowest BCUT2D eigenvalue weighted by Crippen LogP contribution is -2.42. The van der Waals surface area contributed by atoms with Crippen molar-refractivity contribution in [1.29, 1.82) is 0 Å². The number of ether oxygens (including phenoxy) is 1. The largest absolute Gasteiger partial charge is 0.496 e. The van der Waals surface area contributed by atoms with Crippen LogP contribution in [-0.4, -0.2) is 37.7 Å². The van der Waals surface area contributed by atoms with Gasteiger partial charge in [-0.3, -0.25) is 4.99 Å². The summed E-state index contributed by atoms with van der Waals surface area (Å²) in [6.07, 6.45) is 5.95. The number of rotatable bonds is 5. The van der Waals surface area contributed by atoms with E-state index in [4.69, 9.17) is 4.74 Å². The molecule has 0 aromatic heterocycles. The lowest BCUT2D eigenvalue weighted by Gasteiger charge is -2.17. The first-order valence-corrected chi connectivity index (χ1v) is 9.08. The summed E-state index contributed by atoms with van der Waals surface area (Å²) >= 11 is 1.97. The molecule has 0 aliphatic heterocycles. The number of nitrogens with zero attached hydrogens (tertiary/aromatic N) is 1. The highest BCUT2D eigenvalue weighted by molar-refractivity contribution is 7.99. The fourth-order valence-corrected chi connectivity index (χ4v) is 3.63. The van der Waals surface area contributed by atoms with Crippen molar-refractivity contribution in [2.24, 2.45) is 4.99 Å². The lowest BCUT2D eigenvalue weighted by atomic mass is 10.1. The maximum absolute atomic E-state index is 5.37. The topological polar surface area (TPSA) is 45.7 Å². The van der Waals surface area contributed by atoms with Crippen molar-refractivity contribution >= 4 is 17.7 Å². The van der Waals surface area contributed by atoms with Crippen LogP contribution in [0.4, 0.5) is 0 Å². The number of nitrogens with one attached hydrogen (secondary N) is 2. The second kappa shape index (κ2) is 8.32. The average Bonchev–Trinajstić information content (AvgIpc) is 3.00. The zero-order chi connectivity index (χ0) is 15.9. The summed E-state index contributed by atoms with van der Waals surface area (Å²) in [6.45, 7) is 2.80. The van der Waals surface area contributed by atoms with Crippen LogP contribution in [0.1, 0.15) is 30.4 Å². The Kier molecular flexibility index (Phi) is 6.43. The molecule has 2 atom stereocenters. The minimum absolute atomic E-state index is 0.538. The molecule has 5 heteroatoms. The smallest absolute Gasteiger partial charge is 0.191 e. The number of benzene rings is 1. The van der Waals surface area contributed by atoms with Crippen LogP contribution in [0.3, 0.4) is 0 Å². The van der Waals surface area contributed by atoms with Crippen molar-refractivity contribution in [3.8, 4) is 5.75 Å². The molecule has 2 rings (SSSR count). The van der Waals surface area contributed by atoms with E-state index in [0.717, 1.165) is 29.1 Å². The maximum Gasteiger partial charge on any atom is 0.191 e. The third kappa shape index (κ3) is 4.57. The minimum atomic E-state index is 0.538. The molecule has 1 aromatic rings. The van der Waals surface area contributed by atoms with Gasteiger partial charge >= 0.3 is 0 Å². The summed E-state index contributed by atoms with van der Waals surface area (Å²) in [5, 5.41) is 7.72. The predicted octanol–water partition coefficient (Wildman–Crippen LogP) is 2.95. The molecule has 1 saturated carbocycles. The fourth-order valence-electron chi connectivity index (χ4n) is 2.83. The van der Waals surface area contributed by atoms with Gasteiger partial charge in [0.25, 0.3) is 0 Å². The normalized spacial score (nSPS) is 21.7. The van der Waals surface area contributed by atoms with E-state index < -0.39 is 0 Å². The van der Waals surface area contributed by atoms with E-state index in [9.17, 15) is 0 Å². The molecule has 22 heavy (non-hydrogen) atoms. The Morgan fingerprint density at radius 3 is 2.86 bits per heavy atom. The van der Waals surface area contributed by atoms with Crippen LogP contribution in [0, 0.1) is 6.92 Å². The van der Waals surface area contributed by atoms with Crippen molar-refractivity contribution in [2.45, 2.75) is 44.0 Å². The number of aliphatic imine (C=N–C) groups is 1. The van der Waals surface area contributed by atoms with Gasteiger partial charge < -0.3 is 15.4 Å². The van der Waals surface area contributed by atoms with Gasteiger partial charge in [0.15, 0.2) is 5.96 Å². The Morgan fingerprint density at radius 2 is 2.23 bits per heavy atom. The monoisotopic (exact) mass is 321 g/mol. The molecule has 0 bridgehead atoms. The van der Waals surface area contributed by atoms with Crippen LogP contribution in [0.15, 0.2) is 23.2 Å². The van der Waals surface area contributed by atoms with Gasteiger partial charge in [0.2, 0.25) is 0 Å².